The number of pyridine rings is 1. The van der Waals surface area contributed by atoms with E-state index in [1.54, 1.807) is 17.9 Å². The van der Waals surface area contributed by atoms with Gasteiger partial charge in [-0.1, -0.05) is 0 Å². The molecule has 0 spiro atoms. The van der Waals surface area contributed by atoms with Gasteiger partial charge in [-0.25, -0.2) is 4.79 Å². The predicted molar refractivity (Wildman–Crippen MR) is 65.1 cm³/mol. The molecular weight excluding hydrogens is 254 g/mol. The van der Waals surface area contributed by atoms with Crippen LogP contribution in [0.1, 0.15) is 6.92 Å². The SMILES string of the molecule is CC1(OCC(=O)O)CN(c2ccncc2[N+](=O)[O-])C1. The molecule has 1 N–H and O–H groups in total. The van der Waals surface area contributed by atoms with Gasteiger partial charge in [0.2, 0.25) is 0 Å². The molecule has 0 radical (unpaired) electrons. The Morgan fingerprint density at radius 2 is 2.37 bits per heavy atom. The van der Waals surface area contributed by atoms with Gasteiger partial charge < -0.3 is 14.7 Å². The molecule has 0 aromatic carbocycles. The first-order chi connectivity index (χ1) is 8.91. The summed E-state index contributed by atoms with van der Waals surface area (Å²) in [6, 6.07) is 1.56. The van der Waals surface area contributed by atoms with Crippen molar-refractivity contribution in [1.29, 1.82) is 0 Å². The Bertz CT molecular complexity index is 513. The number of carbonyl (C=O) groups is 1. The van der Waals surface area contributed by atoms with Crippen molar-refractivity contribution in [3.63, 3.8) is 0 Å². The molecule has 0 saturated carbocycles. The Morgan fingerprint density at radius 3 is 2.95 bits per heavy atom. The molecule has 0 bridgehead atoms. The Kier molecular flexibility index (Phi) is 3.34. The molecule has 0 amide bonds. The van der Waals surface area contributed by atoms with Crippen LogP contribution in [-0.2, 0) is 9.53 Å². The number of anilines is 1. The molecule has 0 aliphatic carbocycles. The van der Waals surface area contributed by atoms with Crippen LogP contribution >= 0.6 is 0 Å². The zero-order valence-corrected chi connectivity index (χ0v) is 10.3. The van der Waals surface area contributed by atoms with Gasteiger partial charge in [-0.2, -0.15) is 0 Å². The lowest BCUT2D eigenvalue weighted by Crippen LogP contribution is -2.62. The van der Waals surface area contributed by atoms with Crippen molar-refractivity contribution in [3.8, 4) is 0 Å². The summed E-state index contributed by atoms with van der Waals surface area (Å²) in [5.41, 5.74) is -0.186. The molecule has 2 heterocycles. The number of nitrogens with zero attached hydrogens (tertiary/aromatic N) is 3. The highest BCUT2D eigenvalue weighted by molar-refractivity contribution is 5.68. The number of carboxylic acids is 1. The molecule has 8 nitrogen and oxygen atoms in total. The van der Waals surface area contributed by atoms with Crippen LogP contribution in [0.25, 0.3) is 0 Å². The van der Waals surface area contributed by atoms with E-state index in [0.29, 0.717) is 18.8 Å². The van der Waals surface area contributed by atoms with Gasteiger partial charge in [-0.05, 0) is 13.0 Å². The fourth-order valence-electron chi connectivity index (χ4n) is 2.05. The fourth-order valence-corrected chi connectivity index (χ4v) is 2.05. The standard InChI is InChI=1S/C11H13N3O5/c1-11(19-5-10(15)16)6-13(7-11)8-2-3-12-4-9(8)14(17)18/h2-4H,5-7H2,1H3,(H,15,16). The summed E-state index contributed by atoms with van der Waals surface area (Å²) in [6.07, 6.45) is 2.68. The highest BCUT2D eigenvalue weighted by atomic mass is 16.6. The third kappa shape index (κ3) is 2.79. The molecule has 1 aliphatic heterocycles. The summed E-state index contributed by atoms with van der Waals surface area (Å²) >= 11 is 0. The quantitative estimate of drug-likeness (QED) is 0.617. The first-order valence-electron chi connectivity index (χ1n) is 5.60. The number of hydrogen-bond donors (Lipinski definition) is 1. The molecule has 1 fully saturated rings. The number of hydrogen-bond acceptors (Lipinski definition) is 6. The van der Waals surface area contributed by atoms with E-state index in [1.807, 2.05) is 0 Å². The first kappa shape index (κ1) is 13.2. The normalized spacial score (nSPS) is 16.8. The van der Waals surface area contributed by atoms with Gasteiger partial charge in [0.25, 0.3) is 0 Å². The summed E-state index contributed by atoms with van der Waals surface area (Å²) in [5, 5.41) is 19.4. The zero-order chi connectivity index (χ0) is 14.0. The van der Waals surface area contributed by atoms with Crippen LogP contribution in [0.4, 0.5) is 11.4 Å². The van der Waals surface area contributed by atoms with Crippen LogP contribution in [-0.4, -0.2) is 46.3 Å². The second-order valence-corrected chi connectivity index (χ2v) is 4.61. The van der Waals surface area contributed by atoms with Crippen molar-refractivity contribution in [1.82, 2.24) is 4.98 Å². The number of aliphatic carboxylic acids is 1. The lowest BCUT2D eigenvalue weighted by molar-refractivity contribution is -0.384. The number of nitro groups is 1. The predicted octanol–water partition coefficient (Wildman–Crippen LogP) is 0.670. The van der Waals surface area contributed by atoms with Crippen LogP contribution in [0, 0.1) is 10.1 Å². The minimum Gasteiger partial charge on any atom is -0.480 e. The molecule has 2 rings (SSSR count). The van der Waals surface area contributed by atoms with Gasteiger partial charge >= 0.3 is 11.7 Å². The van der Waals surface area contributed by atoms with Crippen molar-refractivity contribution in [3.05, 3.63) is 28.6 Å². The lowest BCUT2D eigenvalue weighted by Gasteiger charge is -2.48. The lowest BCUT2D eigenvalue weighted by atomic mass is 9.95. The molecule has 1 saturated heterocycles. The number of aromatic nitrogens is 1. The fraction of sp³-hybridized carbons (Fsp3) is 0.455. The smallest absolute Gasteiger partial charge is 0.329 e. The van der Waals surface area contributed by atoms with Crippen molar-refractivity contribution < 1.29 is 19.6 Å². The van der Waals surface area contributed by atoms with E-state index < -0.39 is 16.5 Å². The van der Waals surface area contributed by atoms with E-state index in [2.05, 4.69) is 4.98 Å². The maximum absolute atomic E-state index is 10.9. The van der Waals surface area contributed by atoms with Crippen LogP contribution in [0.5, 0.6) is 0 Å². The average molecular weight is 267 g/mol. The van der Waals surface area contributed by atoms with Gasteiger partial charge in [-0.15, -0.1) is 0 Å². The molecule has 0 atom stereocenters. The van der Waals surface area contributed by atoms with E-state index in [-0.39, 0.29) is 12.3 Å². The third-order valence-corrected chi connectivity index (χ3v) is 2.91. The molecule has 8 heteroatoms. The highest BCUT2D eigenvalue weighted by Gasteiger charge is 2.42. The summed E-state index contributed by atoms with van der Waals surface area (Å²) < 4.78 is 5.25. The largest absolute Gasteiger partial charge is 0.480 e. The summed E-state index contributed by atoms with van der Waals surface area (Å²) in [4.78, 5) is 26.3. The number of ether oxygens (including phenoxy) is 1. The van der Waals surface area contributed by atoms with Crippen LogP contribution in [0.15, 0.2) is 18.5 Å². The number of carboxylic acid groups (broad SMARTS) is 1. The maximum atomic E-state index is 10.9. The Morgan fingerprint density at radius 1 is 1.68 bits per heavy atom. The minimum absolute atomic E-state index is 0.0669. The summed E-state index contributed by atoms with van der Waals surface area (Å²) in [6.45, 7) is 2.22. The van der Waals surface area contributed by atoms with Crippen molar-refractivity contribution in [2.45, 2.75) is 12.5 Å². The third-order valence-electron chi connectivity index (χ3n) is 2.91. The first-order valence-corrected chi connectivity index (χ1v) is 5.60. The van der Waals surface area contributed by atoms with Gasteiger partial charge in [0.05, 0.1) is 4.92 Å². The van der Waals surface area contributed by atoms with Crippen molar-refractivity contribution in [2.75, 3.05) is 24.6 Å². The van der Waals surface area contributed by atoms with Crippen molar-refractivity contribution in [2.24, 2.45) is 0 Å². The van der Waals surface area contributed by atoms with Gasteiger partial charge in [0.15, 0.2) is 0 Å². The summed E-state index contributed by atoms with van der Waals surface area (Å²) in [5.74, 6) is -1.03. The van der Waals surface area contributed by atoms with Crippen molar-refractivity contribution >= 4 is 17.3 Å². The summed E-state index contributed by atoms with van der Waals surface area (Å²) in [7, 11) is 0. The topological polar surface area (TPSA) is 106 Å². The van der Waals surface area contributed by atoms with Crippen LogP contribution in [0.3, 0.4) is 0 Å². The van der Waals surface area contributed by atoms with E-state index in [1.165, 1.54) is 12.4 Å². The molecule has 1 aliphatic rings. The Balaban J connectivity index is 2.04. The van der Waals surface area contributed by atoms with Crippen LogP contribution in [0.2, 0.25) is 0 Å². The maximum Gasteiger partial charge on any atom is 0.329 e. The van der Waals surface area contributed by atoms with Gasteiger partial charge in [0.1, 0.15) is 24.1 Å². The van der Waals surface area contributed by atoms with Crippen LogP contribution < -0.4 is 4.90 Å². The average Bonchev–Trinajstić information content (AvgIpc) is 2.33. The second kappa shape index (κ2) is 4.81. The monoisotopic (exact) mass is 267 g/mol. The minimum atomic E-state index is -1.03. The molecular formula is C11H13N3O5. The second-order valence-electron chi connectivity index (χ2n) is 4.61. The highest BCUT2D eigenvalue weighted by Crippen LogP contribution is 2.35. The van der Waals surface area contributed by atoms with Gasteiger partial charge in [-0.3, -0.25) is 15.1 Å². The van der Waals surface area contributed by atoms with Gasteiger partial charge in [0, 0.05) is 19.3 Å². The van der Waals surface area contributed by atoms with E-state index in [4.69, 9.17) is 9.84 Å². The van der Waals surface area contributed by atoms with E-state index in [9.17, 15) is 14.9 Å². The van der Waals surface area contributed by atoms with E-state index in [0.717, 1.165) is 0 Å². The van der Waals surface area contributed by atoms with E-state index >= 15 is 0 Å². The molecule has 1 aromatic rings. The molecule has 102 valence electrons. The molecule has 0 unspecified atom stereocenters. The number of rotatable bonds is 5. The molecule has 1 aromatic heterocycles. The zero-order valence-electron chi connectivity index (χ0n) is 10.3. The molecule has 19 heavy (non-hydrogen) atoms. The Labute approximate surface area is 108 Å². The Hall–Kier alpha value is -2.22.